The second-order valence-electron chi connectivity index (χ2n) is 5.53. The number of rotatable bonds is 6. The van der Waals surface area contributed by atoms with Crippen LogP contribution < -0.4 is 10.1 Å². The van der Waals surface area contributed by atoms with Crippen LogP contribution in [-0.2, 0) is 16.6 Å². The van der Waals surface area contributed by atoms with E-state index in [4.69, 9.17) is 0 Å². The van der Waals surface area contributed by atoms with Crippen LogP contribution in [0.4, 0.5) is 0 Å². The lowest BCUT2D eigenvalue weighted by molar-refractivity contribution is 0.200. The molecule has 0 unspecified atom stereocenters. The fourth-order valence-electron chi connectivity index (χ4n) is 2.18. The highest BCUT2D eigenvalue weighted by Gasteiger charge is 2.24. The second kappa shape index (κ2) is 7.52. The van der Waals surface area contributed by atoms with Crippen molar-refractivity contribution in [1.29, 1.82) is 0 Å². The summed E-state index contributed by atoms with van der Waals surface area (Å²) in [6, 6.07) is 2.12. The smallest absolute Gasteiger partial charge is 0.255 e. The Morgan fingerprint density at radius 2 is 2.00 bits per heavy atom. The zero-order chi connectivity index (χ0) is 15.5. The van der Waals surface area contributed by atoms with Crippen LogP contribution in [0.25, 0.3) is 0 Å². The normalized spacial score (nSPS) is 17.5. The molecule has 1 aliphatic rings. The van der Waals surface area contributed by atoms with Gasteiger partial charge in [-0.05, 0) is 34.8 Å². The summed E-state index contributed by atoms with van der Waals surface area (Å²) in [7, 11) is -3.50. The number of halogens is 1. The standard InChI is InChI=1S/C13H22BrN3O2S2/c1-10(2)15-9-11-8-12(13(14)20-11)21(18,19)16-17-6-4-3-5-7-17/h8,10,15-16H,3-7,9H2,1-2H3. The van der Waals surface area contributed by atoms with Crippen LogP contribution >= 0.6 is 27.3 Å². The summed E-state index contributed by atoms with van der Waals surface area (Å²) < 4.78 is 25.6. The molecule has 0 aliphatic carbocycles. The SMILES string of the molecule is CC(C)NCc1cc(S(=O)(=O)NN2CCCCC2)c(Br)s1. The van der Waals surface area contributed by atoms with Gasteiger partial charge in [0.25, 0.3) is 10.0 Å². The first-order valence-electron chi connectivity index (χ1n) is 7.17. The van der Waals surface area contributed by atoms with E-state index in [-0.39, 0.29) is 0 Å². The second-order valence-corrected chi connectivity index (χ2v) is 9.61. The maximum atomic E-state index is 12.5. The van der Waals surface area contributed by atoms with Crippen molar-refractivity contribution in [2.45, 2.75) is 50.6 Å². The monoisotopic (exact) mass is 395 g/mol. The zero-order valence-electron chi connectivity index (χ0n) is 12.4. The highest BCUT2D eigenvalue weighted by molar-refractivity contribution is 9.11. The van der Waals surface area contributed by atoms with E-state index in [0.717, 1.165) is 30.8 Å². The molecule has 0 atom stereocenters. The fraction of sp³-hybridized carbons (Fsp3) is 0.692. The molecule has 120 valence electrons. The lowest BCUT2D eigenvalue weighted by atomic mass is 10.2. The van der Waals surface area contributed by atoms with Crippen molar-refractivity contribution in [3.63, 3.8) is 0 Å². The summed E-state index contributed by atoms with van der Waals surface area (Å²) in [4.78, 5) is 4.03. The van der Waals surface area contributed by atoms with Crippen LogP contribution in [0.5, 0.6) is 0 Å². The predicted octanol–water partition coefficient (Wildman–Crippen LogP) is 2.69. The maximum Gasteiger partial charge on any atom is 0.255 e. The topological polar surface area (TPSA) is 61.4 Å². The average Bonchev–Trinajstić information content (AvgIpc) is 2.79. The molecule has 1 saturated heterocycles. The number of hydrogen-bond acceptors (Lipinski definition) is 5. The van der Waals surface area contributed by atoms with Crippen LogP contribution in [-0.4, -0.2) is 32.6 Å². The van der Waals surface area contributed by atoms with Gasteiger partial charge in [0, 0.05) is 30.6 Å². The van der Waals surface area contributed by atoms with Crippen LogP contribution in [0.2, 0.25) is 0 Å². The lowest BCUT2D eigenvalue weighted by Crippen LogP contribution is -2.44. The summed E-state index contributed by atoms with van der Waals surface area (Å²) in [5.74, 6) is 0. The molecular formula is C13H22BrN3O2S2. The molecule has 8 heteroatoms. The summed E-state index contributed by atoms with van der Waals surface area (Å²) in [6.07, 6.45) is 3.25. The van der Waals surface area contributed by atoms with E-state index in [1.165, 1.54) is 17.8 Å². The molecule has 0 aromatic carbocycles. The highest BCUT2D eigenvalue weighted by Crippen LogP contribution is 2.31. The third-order valence-electron chi connectivity index (χ3n) is 3.29. The zero-order valence-corrected chi connectivity index (χ0v) is 15.6. The van der Waals surface area contributed by atoms with Crippen LogP contribution in [0, 0.1) is 0 Å². The van der Waals surface area contributed by atoms with Crippen molar-refractivity contribution >= 4 is 37.3 Å². The molecular weight excluding hydrogens is 374 g/mol. The number of nitrogens with one attached hydrogen (secondary N) is 2. The van der Waals surface area contributed by atoms with Gasteiger partial charge in [0.15, 0.2) is 0 Å². The Hall–Kier alpha value is 0.01000. The van der Waals surface area contributed by atoms with Gasteiger partial charge in [-0.3, -0.25) is 0 Å². The molecule has 0 radical (unpaired) electrons. The molecule has 0 amide bonds. The Morgan fingerprint density at radius 1 is 1.33 bits per heavy atom. The predicted molar refractivity (Wildman–Crippen MR) is 89.7 cm³/mol. The number of hydrazine groups is 1. The quantitative estimate of drug-likeness (QED) is 0.776. The van der Waals surface area contributed by atoms with Gasteiger partial charge < -0.3 is 5.32 Å². The van der Waals surface area contributed by atoms with E-state index < -0.39 is 10.0 Å². The van der Waals surface area contributed by atoms with Gasteiger partial charge in [0.1, 0.15) is 4.90 Å². The summed E-state index contributed by atoms with van der Waals surface area (Å²) >= 11 is 4.84. The molecule has 1 aliphatic heterocycles. The largest absolute Gasteiger partial charge is 0.310 e. The molecule has 0 bridgehead atoms. The molecule has 1 fully saturated rings. The Kier molecular flexibility index (Phi) is 6.22. The Balaban J connectivity index is 2.08. The fourth-order valence-corrected chi connectivity index (χ4v) is 5.93. The van der Waals surface area contributed by atoms with Crippen LogP contribution in [0.3, 0.4) is 0 Å². The lowest BCUT2D eigenvalue weighted by Gasteiger charge is -2.26. The number of piperidine rings is 1. The Bertz CT molecular complexity index is 566. The Labute approximate surface area is 139 Å². The number of hydrogen-bond donors (Lipinski definition) is 2. The molecule has 2 rings (SSSR count). The van der Waals surface area contributed by atoms with Gasteiger partial charge in [-0.15, -0.1) is 16.2 Å². The number of nitrogens with zero attached hydrogens (tertiary/aromatic N) is 1. The minimum Gasteiger partial charge on any atom is -0.310 e. The molecule has 21 heavy (non-hydrogen) atoms. The first kappa shape index (κ1) is 17.4. The van der Waals surface area contributed by atoms with Gasteiger partial charge in [-0.1, -0.05) is 20.3 Å². The van der Waals surface area contributed by atoms with E-state index in [9.17, 15) is 8.42 Å². The van der Waals surface area contributed by atoms with E-state index >= 15 is 0 Å². The van der Waals surface area contributed by atoms with E-state index in [1.54, 1.807) is 11.1 Å². The first-order valence-corrected chi connectivity index (χ1v) is 10.3. The van der Waals surface area contributed by atoms with E-state index in [0.29, 0.717) is 21.3 Å². The van der Waals surface area contributed by atoms with Gasteiger partial charge in [-0.25, -0.2) is 13.4 Å². The summed E-state index contributed by atoms with van der Waals surface area (Å²) in [6.45, 7) is 6.38. The van der Waals surface area contributed by atoms with Crippen molar-refractivity contribution < 1.29 is 8.42 Å². The highest BCUT2D eigenvalue weighted by atomic mass is 79.9. The van der Waals surface area contributed by atoms with E-state index in [2.05, 4.69) is 39.9 Å². The molecule has 0 spiro atoms. The van der Waals surface area contributed by atoms with Gasteiger partial charge in [0.05, 0.1) is 3.79 Å². The number of sulfonamides is 1. The third kappa shape index (κ3) is 5.01. The molecule has 1 aromatic heterocycles. The van der Waals surface area contributed by atoms with Crippen molar-refractivity contribution in [2.24, 2.45) is 0 Å². The number of thiophene rings is 1. The average molecular weight is 396 g/mol. The third-order valence-corrected chi connectivity index (χ3v) is 6.91. The van der Waals surface area contributed by atoms with Gasteiger partial charge in [-0.2, -0.15) is 0 Å². The molecule has 2 heterocycles. The van der Waals surface area contributed by atoms with Crippen molar-refractivity contribution in [3.05, 3.63) is 14.7 Å². The van der Waals surface area contributed by atoms with Gasteiger partial charge >= 0.3 is 0 Å². The molecule has 0 saturated carbocycles. The van der Waals surface area contributed by atoms with Crippen LogP contribution in [0.1, 0.15) is 38.0 Å². The molecule has 2 N–H and O–H groups in total. The van der Waals surface area contributed by atoms with E-state index in [1.807, 2.05) is 0 Å². The Morgan fingerprint density at radius 3 is 2.62 bits per heavy atom. The summed E-state index contributed by atoms with van der Waals surface area (Å²) in [5.41, 5.74) is 0. The molecule has 5 nitrogen and oxygen atoms in total. The minimum atomic E-state index is -3.50. The maximum absolute atomic E-state index is 12.5. The van der Waals surface area contributed by atoms with Crippen molar-refractivity contribution in [2.75, 3.05) is 13.1 Å². The van der Waals surface area contributed by atoms with Crippen molar-refractivity contribution in [1.82, 2.24) is 15.2 Å². The van der Waals surface area contributed by atoms with Gasteiger partial charge in [0.2, 0.25) is 0 Å². The first-order chi connectivity index (χ1) is 9.88. The molecule has 1 aromatic rings. The minimum absolute atomic E-state index is 0.332. The van der Waals surface area contributed by atoms with Crippen molar-refractivity contribution in [3.8, 4) is 0 Å². The van der Waals surface area contributed by atoms with Crippen LogP contribution in [0.15, 0.2) is 14.7 Å². The summed E-state index contributed by atoms with van der Waals surface area (Å²) in [5, 5.41) is 5.10.